The third-order valence-corrected chi connectivity index (χ3v) is 5.97. The van der Waals surface area contributed by atoms with E-state index in [2.05, 4.69) is 25.1 Å². The molecule has 8 heteroatoms. The Hall–Kier alpha value is -2.09. The molecule has 3 fully saturated rings. The fourth-order valence-corrected chi connectivity index (χ4v) is 4.26. The molecule has 3 N–H and O–H groups in total. The second kappa shape index (κ2) is 7.88. The van der Waals surface area contributed by atoms with Gasteiger partial charge in [-0.3, -0.25) is 9.69 Å². The largest absolute Gasteiger partial charge is 0.481 e. The van der Waals surface area contributed by atoms with Gasteiger partial charge in [0, 0.05) is 37.8 Å². The number of hydrogen-bond acceptors (Lipinski definition) is 7. The maximum absolute atomic E-state index is 12.4. The van der Waals surface area contributed by atoms with Gasteiger partial charge < -0.3 is 20.7 Å². The quantitative estimate of drug-likeness (QED) is 0.794. The molecule has 1 atom stereocenters. The lowest BCUT2D eigenvalue weighted by molar-refractivity contribution is -0.127. The van der Waals surface area contributed by atoms with Gasteiger partial charge in [-0.1, -0.05) is 0 Å². The van der Waals surface area contributed by atoms with Crippen LogP contribution in [0.15, 0.2) is 6.07 Å². The zero-order valence-corrected chi connectivity index (χ0v) is 16.1. The molecule has 3 aliphatic rings. The second-order valence-corrected chi connectivity index (χ2v) is 7.96. The highest BCUT2D eigenvalue weighted by atomic mass is 16.5. The molecule has 4 rings (SSSR count). The summed E-state index contributed by atoms with van der Waals surface area (Å²) in [5, 5.41) is 3.18. The highest BCUT2D eigenvalue weighted by Gasteiger charge is 2.34. The summed E-state index contributed by atoms with van der Waals surface area (Å²) in [6, 6.07) is 2.84. The summed E-state index contributed by atoms with van der Waals surface area (Å²) in [5.41, 5.74) is 5.79. The van der Waals surface area contributed by atoms with Crippen molar-refractivity contribution in [3.05, 3.63) is 6.07 Å². The van der Waals surface area contributed by atoms with E-state index in [1.165, 1.54) is 0 Å². The summed E-state index contributed by atoms with van der Waals surface area (Å²) in [4.78, 5) is 25.6. The normalized spacial score (nSPS) is 24.6. The van der Waals surface area contributed by atoms with Crippen LogP contribution in [0.1, 0.15) is 38.5 Å². The minimum absolute atomic E-state index is 0.156. The lowest BCUT2D eigenvalue weighted by Gasteiger charge is -2.42. The molecule has 0 radical (unpaired) electrons. The Morgan fingerprint density at radius 2 is 1.96 bits per heavy atom. The number of amides is 1. The van der Waals surface area contributed by atoms with Gasteiger partial charge in [-0.25, -0.2) is 0 Å². The van der Waals surface area contributed by atoms with Crippen LogP contribution < -0.4 is 20.7 Å². The van der Waals surface area contributed by atoms with Crippen LogP contribution in [0.3, 0.4) is 0 Å². The molecular formula is C19H30N6O2. The van der Waals surface area contributed by atoms with Gasteiger partial charge >= 0.3 is 0 Å². The van der Waals surface area contributed by atoms with Gasteiger partial charge in [0.25, 0.3) is 0 Å². The number of nitrogens with two attached hydrogens (primary N) is 1. The molecule has 1 aromatic rings. The average molecular weight is 374 g/mol. The molecule has 3 heterocycles. The number of hydrogen-bond donors (Lipinski definition) is 2. The van der Waals surface area contributed by atoms with Gasteiger partial charge in [0.2, 0.25) is 17.7 Å². The number of anilines is 2. The van der Waals surface area contributed by atoms with Crippen LogP contribution in [0, 0.1) is 5.92 Å². The van der Waals surface area contributed by atoms with Crippen LogP contribution in [0.2, 0.25) is 0 Å². The first kappa shape index (κ1) is 18.3. The number of aromatic nitrogens is 2. The smallest absolute Gasteiger partial charge is 0.225 e. The number of nitrogens with one attached hydrogen (secondary N) is 1. The molecular weight excluding hydrogens is 344 g/mol. The lowest BCUT2D eigenvalue weighted by atomic mass is 9.93. The second-order valence-electron chi connectivity index (χ2n) is 7.96. The highest BCUT2D eigenvalue weighted by Crippen LogP contribution is 2.28. The Bertz CT molecular complexity index is 672. The Morgan fingerprint density at radius 3 is 2.67 bits per heavy atom. The molecule has 1 unspecified atom stereocenters. The number of rotatable bonds is 5. The predicted octanol–water partition coefficient (Wildman–Crippen LogP) is 1.03. The summed E-state index contributed by atoms with van der Waals surface area (Å²) in [7, 11) is 1.59. The van der Waals surface area contributed by atoms with Crippen molar-refractivity contribution in [3.8, 4) is 5.88 Å². The van der Waals surface area contributed by atoms with E-state index in [0.29, 0.717) is 18.0 Å². The number of methoxy groups -OCH3 is 1. The maximum atomic E-state index is 12.4. The minimum atomic E-state index is 0.156. The zero-order chi connectivity index (χ0) is 18.8. The van der Waals surface area contributed by atoms with Gasteiger partial charge in [-0.2, -0.15) is 9.97 Å². The van der Waals surface area contributed by atoms with Crippen molar-refractivity contribution in [1.29, 1.82) is 0 Å². The summed E-state index contributed by atoms with van der Waals surface area (Å²) < 4.78 is 5.20. The van der Waals surface area contributed by atoms with Crippen molar-refractivity contribution in [2.24, 2.45) is 5.92 Å². The fourth-order valence-electron chi connectivity index (χ4n) is 4.26. The van der Waals surface area contributed by atoms with Crippen LogP contribution in [0.25, 0.3) is 0 Å². The molecule has 148 valence electrons. The van der Waals surface area contributed by atoms with E-state index in [1.54, 1.807) is 7.11 Å². The topological polar surface area (TPSA) is 96.6 Å². The van der Waals surface area contributed by atoms with E-state index in [4.69, 9.17) is 10.5 Å². The zero-order valence-electron chi connectivity index (χ0n) is 16.1. The van der Waals surface area contributed by atoms with E-state index in [1.807, 2.05) is 6.07 Å². The first-order valence-electron chi connectivity index (χ1n) is 10.1. The van der Waals surface area contributed by atoms with Gasteiger partial charge in [-0.05, 0) is 45.1 Å². The lowest BCUT2D eigenvalue weighted by Crippen LogP contribution is -2.51. The Kier molecular flexibility index (Phi) is 5.33. The number of carbonyl (C=O) groups is 1. The maximum Gasteiger partial charge on any atom is 0.225 e. The van der Waals surface area contributed by atoms with Gasteiger partial charge in [0.15, 0.2) is 0 Å². The van der Waals surface area contributed by atoms with E-state index < -0.39 is 0 Å². The summed E-state index contributed by atoms with van der Waals surface area (Å²) in [5.74, 6) is 2.00. The van der Waals surface area contributed by atoms with Crippen molar-refractivity contribution < 1.29 is 9.53 Å². The van der Waals surface area contributed by atoms with E-state index in [-0.39, 0.29) is 17.8 Å². The third kappa shape index (κ3) is 4.43. The van der Waals surface area contributed by atoms with Crippen LogP contribution in [0.4, 0.5) is 11.8 Å². The molecule has 27 heavy (non-hydrogen) atoms. The Balaban J connectivity index is 1.32. The molecule has 1 saturated carbocycles. The Morgan fingerprint density at radius 1 is 1.19 bits per heavy atom. The fraction of sp³-hybridized carbons (Fsp3) is 0.737. The monoisotopic (exact) mass is 374 g/mol. The molecule has 0 aromatic carbocycles. The molecule has 8 nitrogen and oxygen atoms in total. The molecule has 1 aromatic heterocycles. The van der Waals surface area contributed by atoms with Crippen LogP contribution in [0.5, 0.6) is 5.88 Å². The van der Waals surface area contributed by atoms with Crippen molar-refractivity contribution >= 4 is 17.7 Å². The van der Waals surface area contributed by atoms with Crippen molar-refractivity contribution in [1.82, 2.24) is 20.2 Å². The van der Waals surface area contributed by atoms with E-state index in [9.17, 15) is 4.79 Å². The minimum Gasteiger partial charge on any atom is -0.481 e. The van der Waals surface area contributed by atoms with Crippen molar-refractivity contribution in [2.75, 3.05) is 43.9 Å². The molecule has 2 aliphatic heterocycles. The summed E-state index contributed by atoms with van der Waals surface area (Å²) in [6.45, 7) is 3.86. The summed E-state index contributed by atoms with van der Waals surface area (Å²) in [6.07, 6.45) is 6.58. The molecule has 0 bridgehead atoms. The number of ether oxygens (including phenoxy) is 1. The van der Waals surface area contributed by atoms with Crippen LogP contribution in [-0.4, -0.2) is 66.1 Å². The van der Waals surface area contributed by atoms with Gasteiger partial charge in [0.1, 0.15) is 5.82 Å². The molecule has 2 saturated heterocycles. The number of piperidine rings is 2. The van der Waals surface area contributed by atoms with Crippen LogP contribution >= 0.6 is 0 Å². The van der Waals surface area contributed by atoms with Crippen molar-refractivity contribution in [2.45, 2.75) is 50.6 Å². The first-order valence-corrected chi connectivity index (χ1v) is 10.1. The average Bonchev–Trinajstić information content (AvgIpc) is 3.51. The van der Waals surface area contributed by atoms with E-state index >= 15 is 0 Å². The Labute approximate surface area is 160 Å². The number of nitrogen functional groups attached to an aromatic ring is 1. The third-order valence-electron chi connectivity index (χ3n) is 5.97. The standard InChI is InChI=1S/C19H30N6O2/c1-27-17-11-16(22-19(20)23-17)24-9-6-15(7-10-24)25-8-2-3-13(12-25)18(26)21-14-4-5-14/h11,13-15H,2-10,12H2,1H3,(H,21,26)(H2,20,22,23). The first-order chi connectivity index (χ1) is 13.1. The molecule has 0 spiro atoms. The molecule has 1 aliphatic carbocycles. The highest BCUT2D eigenvalue weighted by molar-refractivity contribution is 5.79. The van der Waals surface area contributed by atoms with Crippen LogP contribution in [-0.2, 0) is 4.79 Å². The number of likely N-dealkylation sites (tertiary alicyclic amines) is 1. The number of nitrogens with zero attached hydrogens (tertiary/aromatic N) is 4. The van der Waals surface area contributed by atoms with Gasteiger partial charge in [-0.15, -0.1) is 0 Å². The van der Waals surface area contributed by atoms with Gasteiger partial charge in [0.05, 0.1) is 13.0 Å². The molecule has 1 amide bonds. The number of carbonyl (C=O) groups excluding carboxylic acids is 1. The summed E-state index contributed by atoms with van der Waals surface area (Å²) >= 11 is 0. The van der Waals surface area contributed by atoms with E-state index in [0.717, 1.165) is 70.5 Å². The van der Waals surface area contributed by atoms with Crippen molar-refractivity contribution in [3.63, 3.8) is 0 Å². The predicted molar refractivity (Wildman–Crippen MR) is 104 cm³/mol. The SMILES string of the molecule is COc1cc(N2CCC(N3CCCC(C(=O)NC4CC4)C3)CC2)nc(N)n1.